The molecular weight excluding hydrogens is 344 g/mol. The summed E-state index contributed by atoms with van der Waals surface area (Å²) in [5.74, 6) is -0.935. The molecule has 0 aliphatic rings. The maximum Gasteiger partial charge on any atom is 0.333 e. The van der Waals surface area contributed by atoms with E-state index in [9.17, 15) is 19.2 Å². The first-order valence-electron chi connectivity index (χ1n) is 8.01. The van der Waals surface area contributed by atoms with Gasteiger partial charge in [0.25, 0.3) is 0 Å². The lowest BCUT2D eigenvalue weighted by Crippen LogP contribution is -2.23. The monoisotopic (exact) mass is 374 g/mol. The normalized spacial score (nSPS) is 11.2. The van der Waals surface area contributed by atoms with E-state index >= 15 is 0 Å². The van der Waals surface area contributed by atoms with E-state index in [1.807, 2.05) is 13.8 Å². The molecule has 7 heteroatoms. The molecule has 0 aromatic rings. The smallest absolute Gasteiger partial charge is 0.333 e. The van der Waals surface area contributed by atoms with Gasteiger partial charge in [-0.1, -0.05) is 34.3 Å². The number of thiol groups is 1. The molecule has 0 heterocycles. The van der Waals surface area contributed by atoms with Crippen LogP contribution >= 0.6 is 12.6 Å². The maximum atomic E-state index is 11.3. The highest BCUT2D eigenvalue weighted by Crippen LogP contribution is 2.12. The lowest BCUT2D eigenvalue weighted by Gasteiger charge is -2.12. The molecule has 0 fully saturated rings. The van der Waals surface area contributed by atoms with Gasteiger partial charge in [0.1, 0.15) is 11.6 Å². The molecule has 0 saturated heterocycles. The summed E-state index contributed by atoms with van der Waals surface area (Å²) in [4.78, 5) is 44.3. The Kier molecular flexibility index (Phi) is 14.0. The second kappa shape index (κ2) is 13.6. The zero-order valence-corrected chi connectivity index (χ0v) is 16.9. The molecule has 144 valence electrons. The van der Waals surface area contributed by atoms with Crippen molar-refractivity contribution in [3.63, 3.8) is 0 Å². The summed E-state index contributed by atoms with van der Waals surface area (Å²) in [6, 6.07) is 0. The van der Waals surface area contributed by atoms with E-state index in [1.165, 1.54) is 14.2 Å². The molecular formula is C18H30O6S. The van der Waals surface area contributed by atoms with Gasteiger partial charge < -0.3 is 9.47 Å². The van der Waals surface area contributed by atoms with Gasteiger partial charge in [-0.2, -0.15) is 12.6 Å². The van der Waals surface area contributed by atoms with Gasteiger partial charge in [-0.05, 0) is 0 Å². The topological polar surface area (TPSA) is 86.7 Å². The number of carbonyl (C=O) groups excluding carboxylic acids is 4. The molecule has 1 atom stereocenters. The average Bonchev–Trinajstić information content (AvgIpc) is 2.57. The van der Waals surface area contributed by atoms with E-state index in [-0.39, 0.29) is 47.8 Å². The second-order valence-electron chi connectivity index (χ2n) is 6.12. The largest absolute Gasteiger partial charge is 0.469 e. The van der Waals surface area contributed by atoms with Gasteiger partial charge in [0.05, 0.1) is 20.1 Å². The molecule has 0 bridgehead atoms. The SMILES string of the molecule is C=C(CC(=O)C(C)C)C(=O)OC.COC(=O)[C@H](CS)CC(=O)C(C)C. The van der Waals surface area contributed by atoms with Crippen molar-refractivity contribution in [1.29, 1.82) is 0 Å². The number of rotatable bonds is 9. The van der Waals surface area contributed by atoms with E-state index in [2.05, 4.69) is 28.7 Å². The van der Waals surface area contributed by atoms with E-state index in [4.69, 9.17) is 0 Å². The van der Waals surface area contributed by atoms with Crippen molar-refractivity contribution < 1.29 is 28.7 Å². The Morgan fingerprint density at radius 2 is 1.40 bits per heavy atom. The average molecular weight is 374 g/mol. The van der Waals surface area contributed by atoms with Crippen LogP contribution in [0.5, 0.6) is 0 Å². The van der Waals surface area contributed by atoms with Gasteiger partial charge in [-0.25, -0.2) is 4.79 Å². The van der Waals surface area contributed by atoms with Gasteiger partial charge in [0.15, 0.2) is 0 Å². The number of Topliss-reactive ketones (excluding diaryl/α,β-unsaturated/α-hetero) is 2. The van der Waals surface area contributed by atoms with Crippen LogP contribution in [0.2, 0.25) is 0 Å². The summed E-state index contributed by atoms with van der Waals surface area (Å²) >= 11 is 4.00. The summed E-state index contributed by atoms with van der Waals surface area (Å²) in [6.07, 6.45) is 0.318. The van der Waals surface area contributed by atoms with Crippen molar-refractivity contribution in [2.45, 2.75) is 40.5 Å². The summed E-state index contributed by atoms with van der Waals surface area (Å²) in [5, 5.41) is 0. The molecule has 0 aromatic carbocycles. The van der Waals surface area contributed by atoms with E-state index in [0.29, 0.717) is 5.75 Å². The lowest BCUT2D eigenvalue weighted by molar-refractivity contribution is -0.146. The highest BCUT2D eigenvalue weighted by Gasteiger charge is 2.22. The third-order valence-electron chi connectivity index (χ3n) is 3.35. The minimum atomic E-state index is -0.510. The number of hydrogen-bond donors (Lipinski definition) is 1. The Morgan fingerprint density at radius 3 is 1.72 bits per heavy atom. The maximum absolute atomic E-state index is 11.3. The zero-order chi connectivity index (χ0) is 20.2. The summed E-state index contributed by atoms with van der Waals surface area (Å²) < 4.78 is 8.95. The molecule has 0 amide bonds. The molecule has 0 radical (unpaired) electrons. The highest BCUT2D eigenvalue weighted by molar-refractivity contribution is 7.80. The van der Waals surface area contributed by atoms with Crippen molar-refractivity contribution in [3.05, 3.63) is 12.2 Å². The molecule has 0 unspecified atom stereocenters. The van der Waals surface area contributed by atoms with Crippen LogP contribution in [0.25, 0.3) is 0 Å². The van der Waals surface area contributed by atoms with Crippen molar-refractivity contribution in [1.82, 2.24) is 0 Å². The van der Waals surface area contributed by atoms with Gasteiger partial charge in [0, 0.05) is 36.0 Å². The zero-order valence-electron chi connectivity index (χ0n) is 16.0. The first-order chi connectivity index (χ1) is 11.5. The van der Waals surface area contributed by atoms with Crippen LogP contribution in [0.3, 0.4) is 0 Å². The molecule has 6 nitrogen and oxygen atoms in total. The number of ketones is 2. The van der Waals surface area contributed by atoms with Crippen LogP contribution < -0.4 is 0 Å². The van der Waals surface area contributed by atoms with Crippen LogP contribution in [-0.4, -0.2) is 43.5 Å². The fourth-order valence-corrected chi connectivity index (χ4v) is 1.78. The van der Waals surface area contributed by atoms with E-state index < -0.39 is 11.9 Å². The molecule has 0 N–H and O–H groups in total. The first kappa shape index (κ1) is 25.6. The van der Waals surface area contributed by atoms with Gasteiger partial charge in [-0.15, -0.1) is 0 Å². The number of ether oxygens (including phenoxy) is 2. The minimum absolute atomic E-state index is 0.00500. The number of carbonyl (C=O) groups is 4. The third kappa shape index (κ3) is 11.5. The molecule has 0 spiro atoms. The van der Waals surface area contributed by atoms with Crippen LogP contribution in [-0.2, 0) is 28.7 Å². The fraction of sp³-hybridized carbons (Fsp3) is 0.667. The van der Waals surface area contributed by atoms with Crippen LogP contribution in [0.15, 0.2) is 12.2 Å². The Balaban J connectivity index is 0. The predicted octanol–water partition coefficient (Wildman–Crippen LogP) is 2.65. The number of methoxy groups -OCH3 is 2. The number of hydrogen-bond acceptors (Lipinski definition) is 7. The molecule has 0 aliphatic heterocycles. The molecule has 0 aromatic heterocycles. The van der Waals surface area contributed by atoms with Crippen molar-refractivity contribution in [3.8, 4) is 0 Å². The van der Waals surface area contributed by atoms with Gasteiger partial charge in [0.2, 0.25) is 0 Å². The van der Waals surface area contributed by atoms with Crippen LogP contribution in [0, 0.1) is 17.8 Å². The van der Waals surface area contributed by atoms with Crippen molar-refractivity contribution >= 4 is 36.1 Å². The Labute approximate surface area is 155 Å². The summed E-state index contributed by atoms with van der Waals surface area (Å²) in [7, 11) is 2.59. The Morgan fingerprint density at radius 1 is 0.920 bits per heavy atom. The second-order valence-corrected chi connectivity index (χ2v) is 6.49. The van der Waals surface area contributed by atoms with E-state index in [1.54, 1.807) is 13.8 Å². The summed E-state index contributed by atoms with van der Waals surface area (Å²) in [6.45, 7) is 10.7. The Bertz CT molecular complexity index is 482. The quantitative estimate of drug-likeness (QED) is 0.379. The van der Waals surface area contributed by atoms with Crippen molar-refractivity contribution in [2.75, 3.05) is 20.0 Å². The fourth-order valence-electron chi connectivity index (χ4n) is 1.50. The first-order valence-corrected chi connectivity index (χ1v) is 8.65. The lowest BCUT2D eigenvalue weighted by atomic mass is 9.98. The van der Waals surface area contributed by atoms with Gasteiger partial charge in [-0.3, -0.25) is 14.4 Å². The predicted molar refractivity (Wildman–Crippen MR) is 99.4 cm³/mol. The van der Waals surface area contributed by atoms with Crippen LogP contribution in [0.1, 0.15) is 40.5 Å². The van der Waals surface area contributed by atoms with Gasteiger partial charge >= 0.3 is 11.9 Å². The number of esters is 2. The third-order valence-corrected chi connectivity index (χ3v) is 3.79. The standard InChI is InChI=1S/C9H16O3S.C9H14O3/c1-6(2)8(10)4-7(5-13)9(11)12-3;1-6(2)8(10)5-7(3)9(11)12-4/h6-7,13H,4-5H2,1-3H3;6H,3,5H2,1-2,4H3/t7-;/m0./s1. The van der Waals surface area contributed by atoms with E-state index in [0.717, 1.165) is 0 Å². The highest BCUT2D eigenvalue weighted by atomic mass is 32.1. The minimum Gasteiger partial charge on any atom is -0.469 e. The Hall–Kier alpha value is -1.63. The molecule has 0 aliphatic carbocycles. The summed E-state index contributed by atoms with van der Waals surface area (Å²) in [5.41, 5.74) is 0.219. The molecule has 0 rings (SSSR count). The van der Waals surface area contributed by atoms with Crippen molar-refractivity contribution in [2.24, 2.45) is 17.8 Å². The van der Waals surface area contributed by atoms with Crippen LogP contribution in [0.4, 0.5) is 0 Å². The molecule has 25 heavy (non-hydrogen) atoms. The molecule has 0 saturated carbocycles.